The number of nitrogens with zero attached hydrogens (tertiary/aromatic N) is 1. The molecule has 0 unspecified atom stereocenters. The number of carbonyl (C=O) groups excluding carboxylic acids is 1. The summed E-state index contributed by atoms with van der Waals surface area (Å²) < 4.78 is 13.4. The Hall–Kier alpha value is -2.13. The molecule has 0 saturated heterocycles. The molecule has 0 fully saturated rings. The summed E-state index contributed by atoms with van der Waals surface area (Å²) in [5.41, 5.74) is 0.568. The van der Waals surface area contributed by atoms with E-state index in [4.69, 9.17) is 10.4 Å². The smallest absolute Gasteiger partial charge is 0.315 e. The van der Waals surface area contributed by atoms with Crippen molar-refractivity contribution in [3.8, 4) is 6.07 Å². The molecule has 1 aromatic carbocycles. The second-order valence-corrected chi connectivity index (χ2v) is 3.83. The van der Waals surface area contributed by atoms with Gasteiger partial charge < -0.3 is 15.7 Å². The molecule has 1 atom stereocenters. The van der Waals surface area contributed by atoms with Crippen molar-refractivity contribution in [2.24, 2.45) is 0 Å². The summed E-state index contributed by atoms with van der Waals surface area (Å²) >= 11 is 0. The topological polar surface area (TPSA) is 85.2 Å². The molecule has 1 aromatic rings. The van der Waals surface area contributed by atoms with Crippen molar-refractivity contribution in [2.75, 3.05) is 6.61 Å². The molecule has 0 aliphatic rings. The number of halogens is 1. The van der Waals surface area contributed by atoms with Crippen molar-refractivity contribution in [1.29, 1.82) is 5.26 Å². The van der Waals surface area contributed by atoms with Gasteiger partial charge in [0.25, 0.3) is 0 Å². The minimum Gasteiger partial charge on any atom is -0.394 e. The van der Waals surface area contributed by atoms with Gasteiger partial charge in [-0.25, -0.2) is 9.18 Å². The maximum atomic E-state index is 13.4. The average Bonchev–Trinajstić information content (AvgIpc) is 2.37. The molecule has 18 heavy (non-hydrogen) atoms. The normalized spacial score (nSPS) is 11.4. The first-order valence-corrected chi connectivity index (χ1v) is 5.40. The summed E-state index contributed by atoms with van der Waals surface area (Å²) in [5, 5.41) is 22.3. The first-order chi connectivity index (χ1) is 8.56. The fourth-order valence-corrected chi connectivity index (χ4v) is 1.28. The highest BCUT2D eigenvalue weighted by atomic mass is 19.1. The van der Waals surface area contributed by atoms with Gasteiger partial charge in [-0.15, -0.1) is 0 Å². The maximum Gasteiger partial charge on any atom is 0.315 e. The fraction of sp³-hybridized carbons (Fsp3) is 0.333. The Morgan fingerprint density at radius 1 is 1.61 bits per heavy atom. The second kappa shape index (κ2) is 6.57. The molecule has 0 spiro atoms. The largest absolute Gasteiger partial charge is 0.394 e. The summed E-state index contributed by atoms with van der Waals surface area (Å²) in [6.45, 7) is 1.44. The van der Waals surface area contributed by atoms with Crippen LogP contribution in [0.3, 0.4) is 0 Å². The number of carbonyl (C=O) groups is 1. The molecule has 0 aromatic heterocycles. The van der Waals surface area contributed by atoms with E-state index >= 15 is 0 Å². The molecule has 0 radical (unpaired) electrons. The zero-order valence-electron chi connectivity index (χ0n) is 9.90. The molecule has 0 saturated carbocycles. The summed E-state index contributed by atoms with van der Waals surface area (Å²) in [4.78, 5) is 11.3. The van der Waals surface area contributed by atoms with E-state index in [9.17, 15) is 9.18 Å². The van der Waals surface area contributed by atoms with Gasteiger partial charge in [-0.2, -0.15) is 5.26 Å². The van der Waals surface area contributed by atoms with Crippen LogP contribution in [0, 0.1) is 17.1 Å². The van der Waals surface area contributed by atoms with Crippen molar-refractivity contribution in [2.45, 2.75) is 19.5 Å². The lowest BCUT2D eigenvalue weighted by Gasteiger charge is -2.12. The number of amides is 2. The number of rotatable bonds is 4. The Morgan fingerprint density at radius 3 is 2.94 bits per heavy atom. The minimum atomic E-state index is -0.502. The highest BCUT2D eigenvalue weighted by Crippen LogP contribution is 2.09. The molecule has 3 N–H and O–H groups in total. The van der Waals surface area contributed by atoms with Crippen molar-refractivity contribution in [3.05, 3.63) is 35.1 Å². The van der Waals surface area contributed by atoms with E-state index in [0.717, 1.165) is 0 Å². The van der Waals surface area contributed by atoms with E-state index in [1.54, 1.807) is 6.92 Å². The van der Waals surface area contributed by atoms with Gasteiger partial charge in [0.1, 0.15) is 5.82 Å². The average molecular weight is 251 g/mol. The summed E-state index contributed by atoms with van der Waals surface area (Å²) in [6.07, 6.45) is 0. The van der Waals surface area contributed by atoms with Crippen molar-refractivity contribution in [1.82, 2.24) is 10.6 Å². The van der Waals surface area contributed by atoms with Gasteiger partial charge in [0.05, 0.1) is 24.3 Å². The lowest BCUT2D eigenvalue weighted by Crippen LogP contribution is -2.42. The van der Waals surface area contributed by atoms with Gasteiger partial charge in [-0.1, -0.05) is 0 Å². The highest BCUT2D eigenvalue weighted by molar-refractivity contribution is 5.74. The Labute approximate surface area is 104 Å². The summed E-state index contributed by atoms with van der Waals surface area (Å²) in [5.74, 6) is -0.482. The Bertz CT molecular complexity index is 471. The molecule has 5 nitrogen and oxygen atoms in total. The van der Waals surface area contributed by atoms with Crippen molar-refractivity contribution >= 4 is 6.03 Å². The standard InChI is InChI=1S/C12H14FN3O2/c1-8(7-17)16-12(18)15-6-10-4-9(5-14)2-3-11(10)13/h2-4,8,17H,6-7H2,1H3,(H2,15,16,18)/t8-/m0/s1. The van der Waals surface area contributed by atoms with Crippen LogP contribution in [-0.4, -0.2) is 23.8 Å². The SMILES string of the molecule is C[C@@H](CO)NC(=O)NCc1cc(C#N)ccc1F. The van der Waals surface area contributed by atoms with E-state index in [1.165, 1.54) is 18.2 Å². The fourth-order valence-electron chi connectivity index (χ4n) is 1.28. The van der Waals surface area contributed by atoms with Crippen LogP contribution in [0.5, 0.6) is 0 Å². The number of hydrogen-bond acceptors (Lipinski definition) is 3. The van der Waals surface area contributed by atoms with E-state index in [2.05, 4.69) is 10.6 Å². The number of nitrogens with one attached hydrogen (secondary N) is 2. The van der Waals surface area contributed by atoms with E-state index in [0.29, 0.717) is 5.56 Å². The zero-order valence-corrected chi connectivity index (χ0v) is 9.90. The molecule has 0 heterocycles. The molecule has 0 aliphatic heterocycles. The van der Waals surface area contributed by atoms with Crippen LogP contribution < -0.4 is 10.6 Å². The van der Waals surface area contributed by atoms with Crippen molar-refractivity contribution < 1.29 is 14.3 Å². The van der Waals surface area contributed by atoms with Gasteiger partial charge in [0, 0.05) is 12.1 Å². The van der Waals surface area contributed by atoms with Crippen molar-refractivity contribution in [3.63, 3.8) is 0 Å². The summed E-state index contributed by atoms with van der Waals surface area (Å²) in [7, 11) is 0. The predicted octanol–water partition coefficient (Wildman–Crippen LogP) is 0.877. The number of urea groups is 1. The third-order valence-corrected chi connectivity index (χ3v) is 2.27. The number of hydrogen-bond donors (Lipinski definition) is 3. The van der Waals surface area contributed by atoms with Crippen LogP contribution in [0.2, 0.25) is 0 Å². The Balaban J connectivity index is 2.58. The Morgan fingerprint density at radius 2 is 2.33 bits per heavy atom. The number of aliphatic hydroxyl groups excluding tert-OH is 1. The second-order valence-electron chi connectivity index (χ2n) is 3.83. The quantitative estimate of drug-likeness (QED) is 0.742. The molecule has 0 bridgehead atoms. The molecule has 0 aliphatic carbocycles. The molecular weight excluding hydrogens is 237 g/mol. The van der Waals surface area contributed by atoms with Gasteiger partial charge in [0.2, 0.25) is 0 Å². The maximum absolute atomic E-state index is 13.4. The molecular formula is C12H14FN3O2. The predicted molar refractivity (Wildman–Crippen MR) is 63.0 cm³/mol. The zero-order chi connectivity index (χ0) is 13.5. The van der Waals surface area contributed by atoms with E-state index < -0.39 is 11.8 Å². The van der Waals surface area contributed by atoms with Crippen LogP contribution in [-0.2, 0) is 6.54 Å². The lowest BCUT2D eigenvalue weighted by atomic mass is 10.1. The highest BCUT2D eigenvalue weighted by Gasteiger charge is 2.08. The van der Waals surface area contributed by atoms with Gasteiger partial charge in [-0.3, -0.25) is 0 Å². The number of aliphatic hydroxyl groups is 1. The summed E-state index contributed by atoms with van der Waals surface area (Å²) in [6, 6.07) is 4.95. The van der Waals surface area contributed by atoms with E-state index in [-0.39, 0.29) is 24.8 Å². The Kier molecular flexibility index (Phi) is 5.08. The van der Waals surface area contributed by atoms with Crippen LogP contribution in [0.25, 0.3) is 0 Å². The minimum absolute atomic E-state index is 0.0225. The molecule has 1 rings (SSSR count). The van der Waals surface area contributed by atoms with Crippen LogP contribution in [0.1, 0.15) is 18.1 Å². The first-order valence-electron chi connectivity index (χ1n) is 5.40. The van der Waals surface area contributed by atoms with Gasteiger partial charge in [-0.05, 0) is 25.1 Å². The van der Waals surface area contributed by atoms with E-state index in [1.807, 2.05) is 6.07 Å². The number of nitriles is 1. The van der Waals surface area contributed by atoms with Crippen LogP contribution >= 0.6 is 0 Å². The third kappa shape index (κ3) is 4.03. The molecule has 6 heteroatoms. The molecule has 96 valence electrons. The van der Waals surface area contributed by atoms with Gasteiger partial charge in [0.15, 0.2) is 0 Å². The molecule has 2 amide bonds. The lowest BCUT2D eigenvalue weighted by molar-refractivity contribution is 0.220. The van der Waals surface area contributed by atoms with Gasteiger partial charge >= 0.3 is 6.03 Å². The first kappa shape index (κ1) is 13.9. The third-order valence-electron chi connectivity index (χ3n) is 2.27. The number of benzene rings is 1. The van der Waals surface area contributed by atoms with Crippen LogP contribution in [0.15, 0.2) is 18.2 Å². The monoisotopic (exact) mass is 251 g/mol. The van der Waals surface area contributed by atoms with Crippen LogP contribution in [0.4, 0.5) is 9.18 Å².